The van der Waals surface area contributed by atoms with Crippen LogP contribution in [0.1, 0.15) is 27.7 Å². The van der Waals surface area contributed by atoms with E-state index in [9.17, 15) is 9.59 Å². The number of carbonyl (C=O) groups is 1. The zero-order valence-corrected chi connectivity index (χ0v) is 17.0. The number of H-pyrrole nitrogens is 1. The number of carbonyl (C=O) groups excluding carboxylic acids is 1. The van der Waals surface area contributed by atoms with Crippen molar-refractivity contribution in [3.05, 3.63) is 99.8 Å². The van der Waals surface area contributed by atoms with E-state index in [0.29, 0.717) is 34.9 Å². The molecule has 2 aliphatic heterocycles. The largest absolute Gasteiger partial charge is 0.454 e. The van der Waals surface area contributed by atoms with Gasteiger partial charge in [0.05, 0.1) is 11.1 Å². The molecule has 3 aromatic carbocycles. The van der Waals surface area contributed by atoms with Gasteiger partial charge in [-0.3, -0.25) is 9.59 Å². The molecule has 7 heteroatoms. The molecule has 1 atom stereocenters. The van der Waals surface area contributed by atoms with Crippen LogP contribution in [0, 0.1) is 0 Å². The van der Waals surface area contributed by atoms with Gasteiger partial charge in [0.25, 0.3) is 11.5 Å². The van der Waals surface area contributed by atoms with Crippen LogP contribution in [0.2, 0.25) is 0 Å². The molecule has 0 saturated carbocycles. The molecule has 0 spiro atoms. The standard InChI is InChI=1S/C25H19N3O4/c29-24-18(12-16-5-1-3-7-19(16)27-24)23-26-20-8-4-2-6-17(20)25(30)28(23)13-15-9-10-21-22(11-15)32-14-31-21/h1-12,23,26H,13-14H2,(H,27,29)/t23-/m1/s1. The Labute approximate surface area is 183 Å². The van der Waals surface area contributed by atoms with Crippen LogP contribution in [0.15, 0.2) is 77.6 Å². The van der Waals surface area contributed by atoms with E-state index in [0.717, 1.165) is 16.5 Å². The van der Waals surface area contributed by atoms with E-state index in [-0.39, 0.29) is 18.3 Å². The number of nitrogens with zero attached hydrogens (tertiary/aromatic N) is 1. The van der Waals surface area contributed by atoms with Crippen molar-refractivity contribution in [2.75, 3.05) is 12.1 Å². The lowest BCUT2D eigenvalue weighted by atomic mass is 10.0. The summed E-state index contributed by atoms with van der Waals surface area (Å²) in [5, 5.41) is 4.30. The van der Waals surface area contributed by atoms with Crippen molar-refractivity contribution < 1.29 is 14.3 Å². The Hall–Kier alpha value is -4.26. The maximum Gasteiger partial charge on any atom is 0.258 e. The molecule has 6 rings (SSSR count). The molecule has 7 nitrogen and oxygen atoms in total. The van der Waals surface area contributed by atoms with Gasteiger partial charge < -0.3 is 24.7 Å². The van der Waals surface area contributed by atoms with Crippen LogP contribution in [0.5, 0.6) is 11.5 Å². The molecule has 0 saturated heterocycles. The number of ether oxygens (including phenoxy) is 2. The number of nitrogens with one attached hydrogen (secondary N) is 2. The second-order valence-corrected chi connectivity index (χ2v) is 7.85. The molecule has 2 N–H and O–H groups in total. The van der Waals surface area contributed by atoms with Crippen LogP contribution < -0.4 is 20.3 Å². The molecule has 0 radical (unpaired) electrons. The monoisotopic (exact) mass is 425 g/mol. The van der Waals surface area contributed by atoms with Crippen molar-refractivity contribution in [3.8, 4) is 11.5 Å². The number of para-hydroxylation sites is 2. The molecular formula is C25H19N3O4. The van der Waals surface area contributed by atoms with Crippen molar-refractivity contribution in [1.82, 2.24) is 9.88 Å². The number of pyridine rings is 1. The molecule has 4 aromatic rings. The predicted octanol–water partition coefficient (Wildman–Crippen LogP) is 4.02. The first kappa shape index (κ1) is 18.5. The molecule has 3 heterocycles. The first-order valence-corrected chi connectivity index (χ1v) is 10.3. The minimum absolute atomic E-state index is 0.144. The molecular weight excluding hydrogens is 406 g/mol. The van der Waals surface area contributed by atoms with Gasteiger partial charge in [-0.05, 0) is 47.3 Å². The van der Waals surface area contributed by atoms with E-state index < -0.39 is 6.17 Å². The lowest BCUT2D eigenvalue weighted by molar-refractivity contribution is 0.0665. The van der Waals surface area contributed by atoms with Gasteiger partial charge in [-0.15, -0.1) is 0 Å². The zero-order chi connectivity index (χ0) is 21.7. The van der Waals surface area contributed by atoms with Gasteiger partial charge in [0.1, 0.15) is 6.17 Å². The van der Waals surface area contributed by atoms with Crippen molar-refractivity contribution in [2.45, 2.75) is 12.7 Å². The Balaban J connectivity index is 1.46. The lowest BCUT2D eigenvalue weighted by Gasteiger charge is -2.38. The van der Waals surface area contributed by atoms with Crippen molar-refractivity contribution in [2.24, 2.45) is 0 Å². The average Bonchev–Trinajstić information content (AvgIpc) is 3.28. The second-order valence-electron chi connectivity index (χ2n) is 7.85. The Morgan fingerprint density at radius 2 is 1.72 bits per heavy atom. The number of amides is 1. The van der Waals surface area contributed by atoms with Gasteiger partial charge in [-0.1, -0.05) is 36.4 Å². The third-order valence-corrected chi connectivity index (χ3v) is 5.89. The molecule has 0 fully saturated rings. The molecule has 0 aliphatic carbocycles. The Morgan fingerprint density at radius 1 is 0.906 bits per heavy atom. The van der Waals surface area contributed by atoms with Crippen molar-refractivity contribution in [3.63, 3.8) is 0 Å². The minimum atomic E-state index is -0.629. The lowest BCUT2D eigenvalue weighted by Crippen LogP contribution is -2.44. The van der Waals surface area contributed by atoms with Crippen LogP contribution in [0.4, 0.5) is 5.69 Å². The van der Waals surface area contributed by atoms with Crippen LogP contribution >= 0.6 is 0 Å². The topological polar surface area (TPSA) is 83.7 Å². The fourth-order valence-electron chi connectivity index (χ4n) is 4.30. The summed E-state index contributed by atoms with van der Waals surface area (Å²) >= 11 is 0. The summed E-state index contributed by atoms with van der Waals surface area (Å²) in [6, 6.07) is 22.4. The molecule has 1 aromatic heterocycles. The molecule has 158 valence electrons. The summed E-state index contributed by atoms with van der Waals surface area (Å²) in [4.78, 5) is 31.2. The average molecular weight is 425 g/mol. The third kappa shape index (κ3) is 2.98. The van der Waals surface area contributed by atoms with Gasteiger partial charge in [-0.25, -0.2) is 0 Å². The number of aromatic nitrogens is 1. The maximum atomic E-state index is 13.5. The van der Waals surface area contributed by atoms with Gasteiger partial charge >= 0.3 is 0 Å². The van der Waals surface area contributed by atoms with E-state index in [4.69, 9.17) is 9.47 Å². The van der Waals surface area contributed by atoms with Gasteiger partial charge in [0, 0.05) is 17.7 Å². The molecule has 1 amide bonds. The van der Waals surface area contributed by atoms with Crippen LogP contribution in [0.3, 0.4) is 0 Å². The minimum Gasteiger partial charge on any atom is -0.454 e. The van der Waals surface area contributed by atoms with E-state index in [2.05, 4.69) is 10.3 Å². The number of rotatable bonds is 3. The Kier molecular flexibility index (Phi) is 4.14. The summed E-state index contributed by atoms with van der Waals surface area (Å²) in [6.45, 7) is 0.485. The van der Waals surface area contributed by atoms with E-state index >= 15 is 0 Å². The quantitative estimate of drug-likeness (QED) is 0.518. The van der Waals surface area contributed by atoms with E-state index in [1.165, 1.54) is 0 Å². The predicted molar refractivity (Wildman–Crippen MR) is 120 cm³/mol. The number of hydrogen-bond donors (Lipinski definition) is 2. The SMILES string of the molecule is O=C1c2ccccc2N[C@@H](c2cc3ccccc3[nH]c2=O)N1Cc1ccc2c(c1)OCO2. The highest BCUT2D eigenvalue weighted by Crippen LogP contribution is 2.36. The Morgan fingerprint density at radius 3 is 2.66 bits per heavy atom. The highest BCUT2D eigenvalue weighted by molar-refractivity contribution is 6.01. The van der Waals surface area contributed by atoms with Crippen LogP contribution in [-0.2, 0) is 6.54 Å². The summed E-state index contributed by atoms with van der Waals surface area (Å²) in [7, 11) is 0. The maximum absolute atomic E-state index is 13.5. The fourth-order valence-corrected chi connectivity index (χ4v) is 4.30. The molecule has 32 heavy (non-hydrogen) atoms. The normalized spacial score (nSPS) is 16.7. The fraction of sp³-hybridized carbons (Fsp3) is 0.120. The zero-order valence-electron chi connectivity index (χ0n) is 17.0. The number of benzene rings is 3. The van der Waals surface area contributed by atoms with E-state index in [1.807, 2.05) is 66.7 Å². The number of fused-ring (bicyclic) bond motifs is 3. The molecule has 0 bridgehead atoms. The van der Waals surface area contributed by atoms with E-state index in [1.54, 1.807) is 11.0 Å². The first-order chi connectivity index (χ1) is 15.7. The summed E-state index contributed by atoms with van der Waals surface area (Å²) in [5.41, 5.74) is 3.16. The second kappa shape index (κ2) is 7.16. The van der Waals surface area contributed by atoms with Crippen LogP contribution in [0.25, 0.3) is 10.9 Å². The summed E-state index contributed by atoms with van der Waals surface area (Å²) in [6.07, 6.45) is -0.629. The Bertz CT molecular complexity index is 1430. The first-order valence-electron chi connectivity index (χ1n) is 10.3. The highest BCUT2D eigenvalue weighted by atomic mass is 16.7. The van der Waals surface area contributed by atoms with Crippen LogP contribution in [-0.4, -0.2) is 22.6 Å². The van der Waals surface area contributed by atoms with Gasteiger partial charge in [0.15, 0.2) is 11.5 Å². The molecule has 2 aliphatic rings. The number of hydrogen-bond acceptors (Lipinski definition) is 5. The summed E-state index contributed by atoms with van der Waals surface area (Å²) in [5.74, 6) is 1.19. The number of anilines is 1. The smallest absolute Gasteiger partial charge is 0.258 e. The van der Waals surface area contributed by atoms with Crippen molar-refractivity contribution in [1.29, 1.82) is 0 Å². The summed E-state index contributed by atoms with van der Waals surface area (Å²) < 4.78 is 10.9. The third-order valence-electron chi connectivity index (χ3n) is 5.89. The molecule has 0 unspecified atom stereocenters. The van der Waals surface area contributed by atoms with Gasteiger partial charge in [-0.2, -0.15) is 0 Å². The number of aromatic amines is 1. The van der Waals surface area contributed by atoms with Gasteiger partial charge in [0.2, 0.25) is 6.79 Å². The van der Waals surface area contributed by atoms with Crippen molar-refractivity contribution >= 4 is 22.5 Å². The highest BCUT2D eigenvalue weighted by Gasteiger charge is 2.34.